The molecule has 2 rings (SSSR count). The summed E-state index contributed by atoms with van der Waals surface area (Å²) in [5.41, 5.74) is 2.92. The SMILES string of the molecule is CC(C)c1cccc(C(C)C)c1NC(=O)COC(=O)CN1CCCCCC1=O. The molecular formula is C22H32N2O4. The Morgan fingerprint density at radius 2 is 1.71 bits per heavy atom. The number of nitrogens with one attached hydrogen (secondary N) is 1. The summed E-state index contributed by atoms with van der Waals surface area (Å²) in [5.74, 6) is -0.431. The highest BCUT2D eigenvalue weighted by molar-refractivity contribution is 5.94. The van der Waals surface area contributed by atoms with Crippen molar-refractivity contribution in [2.45, 2.75) is 65.2 Å². The van der Waals surface area contributed by atoms with Crippen LogP contribution in [0.1, 0.15) is 76.3 Å². The van der Waals surface area contributed by atoms with E-state index in [2.05, 4.69) is 33.0 Å². The van der Waals surface area contributed by atoms with Crippen LogP contribution in [0.2, 0.25) is 0 Å². The van der Waals surface area contributed by atoms with Crippen LogP contribution in [0.4, 0.5) is 5.69 Å². The summed E-state index contributed by atoms with van der Waals surface area (Å²) in [7, 11) is 0. The van der Waals surface area contributed by atoms with Gasteiger partial charge in [0.15, 0.2) is 6.61 Å². The maximum Gasteiger partial charge on any atom is 0.326 e. The van der Waals surface area contributed by atoms with Gasteiger partial charge in [-0.2, -0.15) is 0 Å². The Bertz CT molecular complexity index is 686. The van der Waals surface area contributed by atoms with Gasteiger partial charge in [-0.15, -0.1) is 0 Å². The molecule has 0 atom stereocenters. The van der Waals surface area contributed by atoms with Crippen LogP contribution < -0.4 is 5.32 Å². The first kappa shape index (κ1) is 21.9. The number of hydrogen-bond acceptors (Lipinski definition) is 4. The standard InChI is InChI=1S/C22H32N2O4/c1-15(2)17-9-8-10-18(16(3)4)22(17)23-19(25)14-28-21(27)13-24-12-7-5-6-11-20(24)26/h8-10,15-16H,5-7,11-14H2,1-4H3,(H,23,25). The van der Waals surface area contributed by atoms with E-state index >= 15 is 0 Å². The summed E-state index contributed by atoms with van der Waals surface area (Å²) < 4.78 is 5.12. The minimum atomic E-state index is -0.549. The van der Waals surface area contributed by atoms with E-state index in [4.69, 9.17) is 4.74 Å². The second-order valence-corrected chi connectivity index (χ2v) is 7.96. The third-order valence-corrected chi connectivity index (χ3v) is 4.99. The van der Waals surface area contributed by atoms with Gasteiger partial charge in [0.05, 0.1) is 0 Å². The molecule has 0 saturated carbocycles. The highest BCUT2D eigenvalue weighted by atomic mass is 16.5. The van der Waals surface area contributed by atoms with Crippen LogP contribution in [0.25, 0.3) is 0 Å². The van der Waals surface area contributed by atoms with Gasteiger partial charge >= 0.3 is 5.97 Å². The average Bonchev–Trinajstić information content (AvgIpc) is 2.84. The number of likely N-dealkylation sites (tertiary alicyclic amines) is 1. The topological polar surface area (TPSA) is 75.7 Å². The fourth-order valence-electron chi connectivity index (χ4n) is 3.42. The number of amides is 2. The number of hydrogen-bond donors (Lipinski definition) is 1. The summed E-state index contributed by atoms with van der Waals surface area (Å²) in [6.45, 7) is 8.43. The van der Waals surface area contributed by atoms with E-state index in [0.29, 0.717) is 13.0 Å². The monoisotopic (exact) mass is 388 g/mol. The van der Waals surface area contributed by atoms with E-state index in [1.165, 1.54) is 4.90 Å². The Hall–Kier alpha value is -2.37. The lowest BCUT2D eigenvalue weighted by Crippen LogP contribution is -2.36. The molecule has 154 valence electrons. The van der Waals surface area contributed by atoms with Crippen LogP contribution in [-0.2, 0) is 19.1 Å². The molecule has 0 aliphatic carbocycles. The number of esters is 1. The average molecular weight is 389 g/mol. The third kappa shape index (κ3) is 6.08. The zero-order chi connectivity index (χ0) is 20.7. The number of rotatable bonds is 7. The van der Waals surface area contributed by atoms with E-state index in [0.717, 1.165) is 36.1 Å². The minimum Gasteiger partial charge on any atom is -0.454 e. The number of carbonyl (C=O) groups is 3. The largest absolute Gasteiger partial charge is 0.454 e. The summed E-state index contributed by atoms with van der Waals surface area (Å²) in [6.07, 6.45) is 3.22. The Morgan fingerprint density at radius 1 is 1.07 bits per heavy atom. The molecule has 1 heterocycles. The van der Waals surface area contributed by atoms with Crippen molar-refractivity contribution in [2.24, 2.45) is 0 Å². The molecule has 1 saturated heterocycles. The summed E-state index contributed by atoms with van der Waals surface area (Å²) >= 11 is 0. The van der Waals surface area contributed by atoms with E-state index in [1.54, 1.807) is 0 Å². The van der Waals surface area contributed by atoms with Crippen LogP contribution in [0, 0.1) is 0 Å². The van der Waals surface area contributed by atoms with Gasteiger partial charge in [0, 0.05) is 18.7 Å². The summed E-state index contributed by atoms with van der Waals surface area (Å²) in [6, 6.07) is 6.00. The van der Waals surface area contributed by atoms with Gasteiger partial charge in [-0.05, 0) is 35.8 Å². The maximum atomic E-state index is 12.4. The van der Waals surface area contributed by atoms with Crippen molar-refractivity contribution >= 4 is 23.5 Å². The van der Waals surface area contributed by atoms with Crippen LogP contribution in [0.3, 0.4) is 0 Å². The Kier molecular flexibility index (Phi) is 8.03. The number of carbonyl (C=O) groups excluding carboxylic acids is 3. The molecule has 2 amide bonds. The molecular weight excluding hydrogens is 356 g/mol. The minimum absolute atomic E-state index is 0.0219. The molecule has 28 heavy (non-hydrogen) atoms. The van der Waals surface area contributed by atoms with Crippen LogP contribution in [-0.4, -0.2) is 42.4 Å². The fourth-order valence-corrected chi connectivity index (χ4v) is 3.42. The second kappa shape index (κ2) is 10.2. The summed E-state index contributed by atoms with van der Waals surface area (Å²) in [5, 5.41) is 2.92. The van der Waals surface area contributed by atoms with Crippen molar-refractivity contribution in [3.63, 3.8) is 0 Å². The highest BCUT2D eigenvalue weighted by Gasteiger charge is 2.21. The van der Waals surface area contributed by atoms with Gasteiger partial charge in [0.2, 0.25) is 5.91 Å². The zero-order valence-corrected chi connectivity index (χ0v) is 17.4. The molecule has 1 aromatic carbocycles. The third-order valence-electron chi connectivity index (χ3n) is 4.99. The van der Waals surface area contributed by atoms with E-state index in [1.807, 2.05) is 18.2 Å². The van der Waals surface area contributed by atoms with Crippen LogP contribution in [0.5, 0.6) is 0 Å². The smallest absolute Gasteiger partial charge is 0.326 e. The maximum absolute atomic E-state index is 12.4. The fraction of sp³-hybridized carbons (Fsp3) is 0.591. The Morgan fingerprint density at radius 3 is 2.32 bits per heavy atom. The second-order valence-electron chi connectivity index (χ2n) is 7.96. The summed E-state index contributed by atoms with van der Waals surface area (Å²) in [4.78, 5) is 38.0. The van der Waals surface area contributed by atoms with Gasteiger partial charge in [-0.25, -0.2) is 0 Å². The molecule has 1 aliphatic rings. The number of anilines is 1. The first-order valence-corrected chi connectivity index (χ1v) is 10.2. The molecule has 6 nitrogen and oxygen atoms in total. The first-order valence-electron chi connectivity index (χ1n) is 10.2. The quantitative estimate of drug-likeness (QED) is 0.721. The molecule has 1 aliphatic heterocycles. The lowest BCUT2D eigenvalue weighted by Gasteiger charge is -2.21. The highest BCUT2D eigenvalue weighted by Crippen LogP contribution is 2.32. The predicted octanol–water partition coefficient (Wildman–Crippen LogP) is 3.82. The van der Waals surface area contributed by atoms with Crippen molar-refractivity contribution in [1.82, 2.24) is 4.90 Å². The molecule has 6 heteroatoms. The van der Waals surface area contributed by atoms with Gasteiger partial charge in [0.1, 0.15) is 6.54 Å². The van der Waals surface area contributed by atoms with Gasteiger partial charge in [-0.1, -0.05) is 52.3 Å². The number of nitrogens with zero attached hydrogens (tertiary/aromatic N) is 1. The van der Waals surface area contributed by atoms with Gasteiger partial charge in [0.25, 0.3) is 5.91 Å². The molecule has 0 radical (unpaired) electrons. The molecule has 1 fully saturated rings. The first-order chi connectivity index (χ1) is 13.3. The molecule has 1 N–H and O–H groups in total. The number of benzene rings is 1. The van der Waals surface area contributed by atoms with E-state index < -0.39 is 5.97 Å². The Balaban J connectivity index is 1.95. The van der Waals surface area contributed by atoms with Crippen LogP contribution >= 0.6 is 0 Å². The van der Waals surface area contributed by atoms with Crippen LogP contribution in [0.15, 0.2) is 18.2 Å². The van der Waals surface area contributed by atoms with Crippen molar-refractivity contribution in [2.75, 3.05) is 25.0 Å². The number of ether oxygens (including phenoxy) is 1. The van der Waals surface area contributed by atoms with Crippen molar-refractivity contribution in [3.05, 3.63) is 29.3 Å². The molecule has 1 aromatic rings. The number of para-hydroxylation sites is 1. The zero-order valence-electron chi connectivity index (χ0n) is 17.4. The van der Waals surface area contributed by atoms with Crippen molar-refractivity contribution in [3.8, 4) is 0 Å². The van der Waals surface area contributed by atoms with E-state index in [-0.39, 0.29) is 36.8 Å². The predicted molar refractivity (Wildman–Crippen MR) is 109 cm³/mol. The normalized spacial score (nSPS) is 14.9. The molecule has 0 unspecified atom stereocenters. The van der Waals surface area contributed by atoms with Crippen molar-refractivity contribution in [1.29, 1.82) is 0 Å². The molecule has 0 aromatic heterocycles. The Labute approximate surface area is 167 Å². The lowest BCUT2D eigenvalue weighted by atomic mass is 9.92. The molecule has 0 bridgehead atoms. The van der Waals surface area contributed by atoms with Gasteiger partial charge < -0.3 is 15.0 Å². The lowest BCUT2D eigenvalue weighted by molar-refractivity contribution is -0.151. The van der Waals surface area contributed by atoms with E-state index in [9.17, 15) is 14.4 Å². The van der Waals surface area contributed by atoms with Crippen molar-refractivity contribution < 1.29 is 19.1 Å². The van der Waals surface area contributed by atoms with Gasteiger partial charge in [-0.3, -0.25) is 14.4 Å². The molecule has 0 spiro atoms.